The van der Waals surface area contributed by atoms with Crippen LogP contribution in [0.3, 0.4) is 0 Å². The fraction of sp³-hybridized carbons (Fsp3) is 1.00. The van der Waals surface area contributed by atoms with Gasteiger partial charge in [-0.25, -0.2) is 0 Å². The second kappa shape index (κ2) is 6.06. The summed E-state index contributed by atoms with van der Waals surface area (Å²) in [5, 5.41) is 3.41. The summed E-state index contributed by atoms with van der Waals surface area (Å²) in [7, 11) is 4.29. The van der Waals surface area contributed by atoms with Crippen molar-refractivity contribution in [1.29, 1.82) is 0 Å². The first-order valence-electron chi connectivity index (χ1n) is 3.61. The Kier molecular flexibility index (Phi) is 7.75. The topological polar surface area (TPSA) is 15.3 Å². The number of halogens is 2. The Morgan fingerprint density at radius 3 is 2.00 bits per heavy atom. The van der Waals surface area contributed by atoms with Crippen molar-refractivity contribution >= 4 is 24.8 Å². The molecule has 1 rings (SSSR count). The van der Waals surface area contributed by atoms with Crippen molar-refractivity contribution in [3.8, 4) is 0 Å². The molecule has 0 bridgehead atoms. The summed E-state index contributed by atoms with van der Waals surface area (Å²) in [6.07, 6.45) is 1.30. The lowest BCUT2D eigenvalue weighted by Crippen LogP contribution is -2.37. The van der Waals surface area contributed by atoms with Crippen LogP contribution in [0.15, 0.2) is 0 Å². The van der Waals surface area contributed by atoms with Crippen LogP contribution in [0.5, 0.6) is 0 Å². The molecule has 0 aliphatic carbocycles. The zero-order chi connectivity index (χ0) is 6.85. The number of nitrogens with one attached hydrogen (secondary N) is 1. The SMILES string of the molecule is C[C@@H]1NCC[C@H]1N(C)C.Cl.Cl. The van der Waals surface area contributed by atoms with Gasteiger partial charge >= 0.3 is 0 Å². The van der Waals surface area contributed by atoms with E-state index in [1.54, 1.807) is 0 Å². The number of hydrogen-bond donors (Lipinski definition) is 1. The highest BCUT2D eigenvalue weighted by Crippen LogP contribution is 2.10. The third-order valence-electron chi connectivity index (χ3n) is 2.15. The van der Waals surface area contributed by atoms with Gasteiger partial charge in [-0.3, -0.25) is 0 Å². The van der Waals surface area contributed by atoms with Crippen LogP contribution >= 0.6 is 24.8 Å². The number of nitrogens with zero attached hydrogens (tertiary/aromatic N) is 1. The van der Waals surface area contributed by atoms with Crippen molar-refractivity contribution in [2.45, 2.75) is 25.4 Å². The van der Waals surface area contributed by atoms with Crippen molar-refractivity contribution in [2.24, 2.45) is 0 Å². The molecule has 0 aromatic rings. The maximum atomic E-state index is 3.41. The molecular weight excluding hydrogens is 183 g/mol. The van der Waals surface area contributed by atoms with Crippen molar-refractivity contribution in [3.63, 3.8) is 0 Å². The molecule has 2 atom stereocenters. The maximum absolute atomic E-state index is 3.41. The van der Waals surface area contributed by atoms with Crippen LogP contribution in [0.2, 0.25) is 0 Å². The molecule has 1 N–H and O–H groups in total. The minimum atomic E-state index is 0. The number of likely N-dealkylation sites (N-methyl/N-ethyl adjacent to an activating group) is 1. The van der Waals surface area contributed by atoms with E-state index in [0.717, 1.165) is 6.04 Å². The van der Waals surface area contributed by atoms with E-state index >= 15 is 0 Å². The first kappa shape index (κ1) is 14.0. The highest BCUT2D eigenvalue weighted by Gasteiger charge is 2.23. The summed E-state index contributed by atoms with van der Waals surface area (Å²) in [5.74, 6) is 0. The van der Waals surface area contributed by atoms with E-state index < -0.39 is 0 Å². The zero-order valence-electron chi connectivity index (χ0n) is 7.33. The van der Waals surface area contributed by atoms with Crippen molar-refractivity contribution < 1.29 is 0 Å². The molecule has 1 saturated heterocycles. The Labute approximate surface area is 81.5 Å². The monoisotopic (exact) mass is 200 g/mol. The van der Waals surface area contributed by atoms with Gasteiger partial charge in [0.2, 0.25) is 0 Å². The predicted octanol–water partition coefficient (Wildman–Crippen LogP) is 1.14. The van der Waals surface area contributed by atoms with Gasteiger partial charge in [-0.2, -0.15) is 0 Å². The van der Waals surface area contributed by atoms with Gasteiger partial charge in [0.25, 0.3) is 0 Å². The van der Waals surface area contributed by atoms with Crippen molar-refractivity contribution in [3.05, 3.63) is 0 Å². The largest absolute Gasteiger partial charge is 0.313 e. The highest BCUT2D eigenvalue weighted by molar-refractivity contribution is 5.85. The molecule has 0 radical (unpaired) electrons. The molecule has 1 aliphatic heterocycles. The molecule has 0 amide bonds. The summed E-state index contributed by atoms with van der Waals surface area (Å²) < 4.78 is 0. The number of rotatable bonds is 1. The molecule has 0 aromatic carbocycles. The van der Waals surface area contributed by atoms with E-state index in [9.17, 15) is 0 Å². The molecule has 70 valence electrons. The fourth-order valence-corrected chi connectivity index (χ4v) is 1.55. The molecule has 0 spiro atoms. The molecule has 2 nitrogen and oxygen atoms in total. The Morgan fingerprint density at radius 1 is 1.27 bits per heavy atom. The van der Waals surface area contributed by atoms with Gasteiger partial charge in [0, 0.05) is 12.1 Å². The van der Waals surface area contributed by atoms with Crippen LogP contribution in [0, 0.1) is 0 Å². The van der Waals surface area contributed by atoms with Gasteiger partial charge in [-0.1, -0.05) is 0 Å². The van der Waals surface area contributed by atoms with E-state index in [4.69, 9.17) is 0 Å². The average Bonchev–Trinajstić information content (AvgIpc) is 2.13. The zero-order valence-corrected chi connectivity index (χ0v) is 8.97. The first-order valence-corrected chi connectivity index (χ1v) is 3.61. The Hall–Kier alpha value is 0.500. The lowest BCUT2D eigenvalue weighted by Gasteiger charge is -2.22. The highest BCUT2D eigenvalue weighted by atomic mass is 35.5. The lowest BCUT2D eigenvalue weighted by molar-refractivity contribution is 0.277. The minimum absolute atomic E-state index is 0. The summed E-state index contributed by atoms with van der Waals surface area (Å²) >= 11 is 0. The third-order valence-corrected chi connectivity index (χ3v) is 2.15. The van der Waals surface area contributed by atoms with Gasteiger partial charge < -0.3 is 10.2 Å². The summed E-state index contributed by atoms with van der Waals surface area (Å²) in [5.41, 5.74) is 0. The van der Waals surface area contributed by atoms with Crippen LogP contribution in [0.25, 0.3) is 0 Å². The van der Waals surface area contributed by atoms with E-state index in [-0.39, 0.29) is 24.8 Å². The molecule has 1 aliphatic rings. The second-order valence-electron chi connectivity index (χ2n) is 3.06. The van der Waals surface area contributed by atoms with E-state index in [2.05, 4.69) is 31.2 Å². The lowest BCUT2D eigenvalue weighted by atomic mass is 10.1. The Morgan fingerprint density at radius 2 is 1.82 bits per heavy atom. The standard InChI is InChI=1S/C7H16N2.2ClH/c1-6-7(9(2)3)4-5-8-6;;/h6-8H,4-5H2,1-3H3;2*1H/t6-,7+;;/m0../s1. The fourth-order valence-electron chi connectivity index (χ4n) is 1.55. The third kappa shape index (κ3) is 3.61. The maximum Gasteiger partial charge on any atom is 0.0252 e. The van der Waals surface area contributed by atoms with E-state index in [1.807, 2.05) is 0 Å². The van der Waals surface area contributed by atoms with Crippen LogP contribution in [-0.4, -0.2) is 37.6 Å². The van der Waals surface area contributed by atoms with E-state index in [1.165, 1.54) is 13.0 Å². The molecule has 11 heavy (non-hydrogen) atoms. The average molecular weight is 201 g/mol. The minimum Gasteiger partial charge on any atom is -0.313 e. The molecular formula is C7H18Cl2N2. The Bertz CT molecular complexity index is 98.4. The van der Waals surface area contributed by atoms with Gasteiger partial charge in [-0.05, 0) is 34.0 Å². The quantitative estimate of drug-likeness (QED) is 0.684. The van der Waals surface area contributed by atoms with E-state index in [0.29, 0.717) is 6.04 Å². The smallest absolute Gasteiger partial charge is 0.0252 e. The van der Waals surface area contributed by atoms with Crippen LogP contribution in [0.1, 0.15) is 13.3 Å². The molecule has 0 aromatic heterocycles. The molecule has 1 heterocycles. The van der Waals surface area contributed by atoms with Crippen LogP contribution < -0.4 is 5.32 Å². The second-order valence-corrected chi connectivity index (χ2v) is 3.06. The Balaban J connectivity index is 0. The van der Waals surface area contributed by atoms with Gasteiger partial charge in [0.15, 0.2) is 0 Å². The van der Waals surface area contributed by atoms with Gasteiger partial charge in [-0.15, -0.1) is 24.8 Å². The molecule has 1 fully saturated rings. The summed E-state index contributed by atoms with van der Waals surface area (Å²) in [6.45, 7) is 3.43. The first-order chi connectivity index (χ1) is 4.22. The molecule has 4 heteroatoms. The van der Waals surface area contributed by atoms with Crippen molar-refractivity contribution in [1.82, 2.24) is 10.2 Å². The predicted molar refractivity (Wildman–Crippen MR) is 54.1 cm³/mol. The van der Waals surface area contributed by atoms with Gasteiger partial charge in [0.1, 0.15) is 0 Å². The van der Waals surface area contributed by atoms with Crippen LogP contribution in [0.4, 0.5) is 0 Å². The molecule has 0 unspecified atom stereocenters. The number of hydrogen-bond acceptors (Lipinski definition) is 2. The summed E-state index contributed by atoms with van der Waals surface area (Å²) in [6, 6.07) is 1.44. The van der Waals surface area contributed by atoms with Crippen LogP contribution in [-0.2, 0) is 0 Å². The van der Waals surface area contributed by atoms with Crippen molar-refractivity contribution in [2.75, 3.05) is 20.6 Å². The summed E-state index contributed by atoms with van der Waals surface area (Å²) in [4.78, 5) is 2.30. The molecule has 0 saturated carbocycles. The van der Waals surface area contributed by atoms with Gasteiger partial charge in [0.05, 0.1) is 0 Å². The normalized spacial score (nSPS) is 29.5.